The van der Waals surface area contributed by atoms with Crippen LogP contribution in [0.25, 0.3) is 10.9 Å². The summed E-state index contributed by atoms with van der Waals surface area (Å²) in [4.78, 5) is 32.1. The van der Waals surface area contributed by atoms with Gasteiger partial charge in [-0.25, -0.2) is 9.18 Å². The molecule has 0 bridgehead atoms. The molecule has 1 aromatic heterocycles. The van der Waals surface area contributed by atoms with E-state index >= 15 is 0 Å². The summed E-state index contributed by atoms with van der Waals surface area (Å²) in [6.45, 7) is 7.03. The first kappa shape index (κ1) is 18.3. The Balaban J connectivity index is 1.67. The maximum Gasteiger partial charge on any atom is 0.328 e. The van der Waals surface area contributed by atoms with Crippen LogP contribution < -0.4 is 5.32 Å². The molecule has 1 fully saturated rings. The van der Waals surface area contributed by atoms with E-state index in [1.54, 1.807) is 17.9 Å². The molecule has 0 spiro atoms. The van der Waals surface area contributed by atoms with Crippen LogP contribution in [-0.2, 0) is 17.8 Å². The van der Waals surface area contributed by atoms with E-state index in [-0.39, 0.29) is 23.0 Å². The van der Waals surface area contributed by atoms with E-state index in [9.17, 15) is 14.0 Å². The number of imide groups is 1. The van der Waals surface area contributed by atoms with E-state index in [4.69, 9.17) is 11.6 Å². The summed E-state index contributed by atoms with van der Waals surface area (Å²) in [6, 6.07) is 2.96. The minimum atomic E-state index is -0.933. The van der Waals surface area contributed by atoms with Crippen LogP contribution in [0.15, 0.2) is 12.1 Å². The molecule has 0 aliphatic carbocycles. The van der Waals surface area contributed by atoms with Gasteiger partial charge >= 0.3 is 6.03 Å². The number of carbonyl (C=O) groups is 2. The third kappa shape index (κ3) is 2.72. The highest BCUT2D eigenvalue weighted by Crippen LogP contribution is 2.41. The Bertz CT molecular complexity index is 957. The van der Waals surface area contributed by atoms with E-state index in [1.807, 2.05) is 13.8 Å². The molecular formula is C19H22ClFN4O2. The van der Waals surface area contributed by atoms with E-state index in [0.29, 0.717) is 31.6 Å². The van der Waals surface area contributed by atoms with Gasteiger partial charge in [-0.15, -0.1) is 0 Å². The summed E-state index contributed by atoms with van der Waals surface area (Å²) < 4.78 is 13.8. The fraction of sp³-hybridized carbons (Fsp3) is 0.474. The first-order valence-electron chi connectivity index (χ1n) is 9.08. The molecule has 0 saturated carbocycles. The van der Waals surface area contributed by atoms with Crippen LogP contribution in [0, 0.1) is 5.82 Å². The molecule has 27 heavy (non-hydrogen) atoms. The number of nitrogens with one attached hydrogen (secondary N) is 2. The molecule has 1 saturated heterocycles. The summed E-state index contributed by atoms with van der Waals surface area (Å²) in [5, 5.41) is 4.09. The molecule has 2 aromatic rings. The number of H-pyrrole nitrogens is 1. The van der Waals surface area contributed by atoms with Gasteiger partial charge in [0.2, 0.25) is 0 Å². The second-order valence-electron chi connectivity index (χ2n) is 7.78. The van der Waals surface area contributed by atoms with E-state index in [2.05, 4.69) is 10.3 Å². The van der Waals surface area contributed by atoms with E-state index in [1.165, 1.54) is 11.0 Å². The number of nitrogens with zero attached hydrogens (tertiary/aromatic N) is 2. The van der Waals surface area contributed by atoms with Crippen LogP contribution in [0.1, 0.15) is 32.0 Å². The molecule has 2 aliphatic heterocycles. The molecule has 1 atom stereocenters. The van der Waals surface area contributed by atoms with Crippen molar-refractivity contribution in [1.29, 1.82) is 0 Å². The third-order valence-corrected chi connectivity index (χ3v) is 5.81. The number of aromatic nitrogens is 1. The van der Waals surface area contributed by atoms with Gasteiger partial charge in [0.25, 0.3) is 5.91 Å². The van der Waals surface area contributed by atoms with Crippen molar-refractivity contribution in [3.05, 3.63) is 34.2 Å². The van der Waals surface area contributed by atoms with Crippen molar-refractivity contribution in [2.24, 2.45) is 0 Å². The number of amides is 3. The fourth-order valence-electron chi connectivity index (χ4n) is 4.06. The van der Waals surface area contributed by atoms with Gasteiger partial charge in [-0.2, -0.15) is 0 Å². The van der Waals surface area contributed by atoms with Crippen molar-refractivity contribution in [1.82, 2.24) is 20.1 Å². The number of urea groups is 1. The average Bonchev–Trinajstić information content (AvgIpc) is 3.01. The third-order valence-electron chi connectivity index (χ3n) is 5.52. The standard InChI is InChI=1S/C19H22ClFN4O2/c1-10(2)22-4-5-24-17(26)19(3)8-12-11-6-13(20)14(21)7-15(11)23-16(12)9-25(19)18(24)27/h6-7,10,22-23H,4-5,8-9H2,1-3H3/t19-/m0/s1. The molecule has 6 nitrogen and oxygen atoms in total. The average molecular weight is 393 g/mol. The van der Waals surface area contributed by atoms with Crippen molar-refractivity contribution in [2.75, 3.05) is 13.1 Å². The smallest absolute Gasteiger partial charge is 0.328 e. The van der Waals surface area contributed by atoms with Gasteiger partial charge in [0, 0.05) is 42.1 Å². The molecule has 144 valence electrons. The number of fused-ring (bicyclic) bond motifs is 4. The van der Waals surface area contributed by atoms with Crippen molar-refractivity contribution in [2.45, 2.75) is 45.3 Å². The molecule has 3 heterocycles. The van der Waals surface area contributed by atoms with Crippen LogP contribution >= 0.6 is 11.6 Å². The number of hydrogen-bond donors (Lipinski definition) is 2. The molecule has 1 aromatic carbocycles. The molecule has 2 N–H and O–H groups in total. The topological polar surface area (TPSA) is 68.4 Å². The zero-order chi connectivity index (χ0) is 19.5. The van der Waals surface area contributed by atoms with Crippen LogP contribution in [0.2, 0.25) is 5.02 Å². The summed E-state index contributed by atoms with van der Waals surface area (Å²) >= 11 is 5.96. The van der Waals surface area contributed by atoms with Gasteiger partial charge in [-0.3, -0.25) is 9.69 Å². The maximum atomic E-state index is 13.8. The molecule has 3 amide bonds. The van der Waals surface area contributed by atoms with E-state index < -0.39 is 11.4 Å². The summed E-state index contributed by atoms with van der Waals surface area (Å²) in [5.74, 6) is -0.684. The van der Waals surface area contributed by atoms with Crippen molar-refractivity contribution in [3.63, 3.8) is 0 Å². The van der Waals surface area contributed by atoms with Crippen LogP contribution in [0.5, 0.6) is 0 Å². The lowest BCUT2D eigenvalue weighted by Crippen LogP contribution is -2.51. The van der Waals surface area contributed by atoms with Crippen molar-refractivity contribution >= 4 is 34.4 Å². The zero-order valence-corrected chi connectivity index (χ0v) is 16.3. The SMILES string of the molecule is CC(C)NCCN1C(=O)N2Cc3[nH]c4cc(F)c(Cl)cc4c3C[C@@]2(C)C1=O. The summed E-state index contributed by atoms with van der Waals surface area (Å²) in [6.07, 6.45) is 0.378. The molecular weight excluding hydrogens is 371 g/mol. The largest absolute Gasteiger partial charge is 0.357 e. The zero-order valence-electron chi connectivity index (χ0n) is 15.5. The van der Waals surface area contributed by atoms with Gasteiger partial charge in [-0.05, 0) is 24.6 Å². The summed E-state index contributed by atoms with van der Waals surface area (Å²) in [7, 11) is 0. The molecule has 0 radical (unpaired) electrons. The number of hydrogen-bond acceptors (Lipinski definition) is 3. The minimum Gasteiger partial charge on any atom is -0.357 e. The van der Waals surface area contributed by atoms with E-state index in [0.717, 1.165) is 16.6 Å². The number of carbonyl (C=O) groups excluding carboxylic acids is 2. The van der Waals surface area contributed by atoms with Crippen LogP contribution in [0.3, 0.4) is 0 Å². The first-order valence-corrected chi connectivity index (χ1v) is 9.45. The normalized spacial score (nSPS) is 22.1. The lowest BCUT2D eigenvalue weighted by molar-refractivity contribution is -0.132. The van der Waals surface area contributed by atoms with Gasteiger partial charge < -0.3 is 15.2 Å². The minimum absolute atomic E-state index is 0.0482. The fourth-order valence-corrected chi connectivity index (χ4v) is 4.23. The van der Waals surface area contributed by atoms with Crippen molar-refractivity contribution in [3.8, 4) is 0 Å². The molecule has 0 unspecified atom stereocenters. The highest BCUT2D eigenvalue weighted by atomic mass is 35.5. The lowest BCUT2D eigenvalue weighted by atomic mass is 9.86. The van der Waals surface area contributed by atoms with Crippen LogP contribution in [0.4, 0.5) is 9.18 Å². The number of rotatable bonds is 4. The van der Waals surface area contributed by atoms with Gasteiger partial charge in [0.15, 0.2) is 0 Å². The maximum absolute atomic E-state index is 13.8. The Kier molecular flexibility index (Phi) is 4.20. The molecule has 8 heteroatoms. The lowest BCUT2D eigenvalue weighted by Gasteiger charge is -2.35. The highest BCUT2D eigenvalue weighted by Gasteiger charge is 2.56. The second-order valence-corrected chi connectivity index (χ2v) is 8.19. The number of aromatic amines is 1. The monoisotopic (exact) mass is 392 g/mol. The summed E-state index contributed by atoms with van der Waals surface area (Å²) in [5.41, 5.74) is 1.45. The quantitative estimate of drug-likeness (QED) is 0.786. The Morgan fingerprint density at radius 3 is 2.81 bits per heavy atom. The van der Waals surface area contributed by atoms with Gasteiger partial charge in [-0.1, -0.05) is 25.4 Å². The van der Waals surface area contributed by atoms with Gasteiger partial charge in [0.05, 0.1) is 11.6 Å². The molecule has 4 rings (SSSR count). The second kappa shape index (κ2) is 6.21. The number of benzene rings is 1. The van der Waals surface area contributed by atoms with Crippen LogP contribution in [-0.4, -0.2) is 51.4 Å². The predicted octanol–water partition coefficient (Wildman–Crippen LogP) is 3.04. The predicted molar refractivity (Wildman–Crippen MR) is 101 cm³/mol. The Labute approximate surface area is 161 Å². The van der Waals surface area contributed by atoms with Crippen molar-refractivity contribution < 1.29 is 14.0 Å². The Morgan fingerprint density at radius 2 is 2.11 bits per heavy atom. The Morgan fingerprint density at radius 1 is 1.37 bits per heavy atom. The Hall–Kier alpha value is -2.12. The first-order chi connectivity index (χ1) is 12.7. The highest BCUT2D eigenvalue weighted by molar-refractivity contribution is 6.31. The van der Waals surface area contributed by atoms with Gasteiger partial charge in [0.1, 0.15) is 11.4 Å². The molecule has 2 aliphatic rings. The number of halogens is 2.